The second-order valence-corrected chi connectivity index (χ2v) is 6.47. The van der Waals surface area contributed by atoms with Crippen molar-refractivity contribution >= 4 is 34.1 Å². The summed E-state index contributed by atoms with van der Waals surface area (Å²) < 4.78 is 1.79. The van der Waals surface area contributed by atoms with Crippen LogP contribution < -0.4 is 10.9 Å². The molecule has 1 amide bonds. The summed E-state index contributed by atoms with van der Waals surface area (Å²) in [5.41, 5.74) is 5.36. The van der Waals surface area contributed by atoms with Crippen molar-refractivity contribution in [3.8, 4) is 0 Å². The summed E-state index contributed by atoms with van der Waals surface area (Å²) >= 11 is 0. The molecular formula is C21H19N5O2. The lowest BCUT2D eigenvalue weighted by Crippen LogP contribution is -2.27. The highest BCUT2D eigenvalue weighted by atomic mass is 16.2. The fraction of sp³-hybridized carbons (Fsp3) is 0.143. The number of aryl methyl sites for hydroxylation is 2. The molecule has 0 aliphatic carbocycles. The number of carbonyl (C=O) groups excluding carboxylic acids is 1. The Balaban J connectivity index is 1.65. The predicted molar refractivity (Wildman–Crippen MR) is 110 cm³/mol. The van der Waals surface area contributed by atoms with Crippen LogP contribution in [-0.4, -0.2) is 26.7 Å². The van der Waals surface area contributed by atoms with Crippen molar-refractivity contribution in [3.05, 3.63) is 75.8 Å². The summed E-state index contributed by atoms with van der Waals surface area (Å²) in [5.74, 6) is -0.550. The standard InChI is InChI=1S/C21H19N5O2/c1-3-26-12-17(19(27)16-9-8-13(2)24-20(16)26)21(28)25-23-11-14-10-22-18-7-5-4-6-15(14)18/h4-12,22H,3H2,1-2H3,(H,25,28)/b23-11+. The normalized spacial score (nSPS) is 11.5. The third kappa shape index (κ3) is 3.07. The maximum absolute atomic E-state index is 12.7. The van der Waals surface area contributed by atoms with Gasteiger partial charge in [-0.1, -0.05) is 18.2 Å². The lowest BCUT2D eigenvalue weighted by molar-refractivity contribution is 0.0953. The molecule has 0 bridgehead atoms. The maximum Gasteiger partial charge on any atom is 0.276 e. The Morgan fingerprint density at radius 2 is 2.07 bits per heavy atom. The second-order valence-electron chi connectivity index (χ2n) is 6.47. The average molecular weight is 373 g/mol. The zero-order valence-corrected chi connectivity index (χ0v) is 15.6. The highest BCUT2D eigenvalue weighted by molar-refractivity contribution is 6.00. The molecule has 7 heteroatoms. The van der Waals surface area contributed by atoms with Crippen LogP contribution in [0.15, 0.2) is 58.7 Å². The summed E-state index contributed by atoms with van der Waals surface area (Å²) in [6, 6.07) is 11.3. The van der Waals surface area contributed by atoms with Gasteiger partial charge in [-0.25, -0.2) is 10.4 Å². The van der Waals surface area contributed by atoms with E-state index in [1.165, 1.54) is 6.20 Å². The number of aromatic nitrogens is 3. The molecule has 3 heterocycles. The van der Waals surface area contributed by atoms with Crippen molar-refractivity contribution in [2.24, 2.45) is 5.10 Å². The number of rotatable bonds is 4. The molecule has 0 unspecified atom stereocenters. The van der Waals surface area contributed by atoms with Crippen molar-refractivity contribution in [2.75, 3.05) is 0 Å². The number of pyridine rings is 2. The zero-order chi connectivity index (χ0) is 19.7. The molecule has 0 radical (unpaired) electrons. The van der Waals surface area contributed by atoms with Gasteiger partial charge in [0.15, 0.2) is 0 Å². The van der Waals surface area contributed by atoms with Crippen LogP contribution in [0.3, 0.4) is 0 Å². The smallest absolute Gasteiger partial charge is 0.276 e. The minimum absolute atomic E-state index is 0.0380. The first-order valence-corrected chi connectivity index (χ1v) is 8.99. The van der Waals surface area contributed by atoms with Gasteiger partial charge in [0.25, 0.3) is 5.91 Å². The average Bonchev–Trinajstić information content (AvgIpc) is 3.11. The van der Waals surface area contributed by atoms with Gasteiger partial charge in [0.05, 0.1) is 11.6 Å². The van der Waals surface area contributed by atoms with Gasteiger partial charge >= 0.3 is 0 Å². The molecule has 1 aromatic carbocycles. The van der Waals surface area contributed by atoms with Gasteiger partial charge in [-0.2, -0.15) is 5.10 Å². The van der Waals surface area contributed by atoms with Crippen LogP contribution >= 0.6 is 0 Å². The van der Waals surface area contributed by atoms with E-state index in [4.69, 9.17) is 0 Å². The molecular weight excluding hydrogens is 354 g/mol. The van der Waals surface area contributed by atoms with Crippen LogP contribution in [0, 0.1) is 6.92 Å². The number of H-pyrrole nitrogens is 1. The van der Waals surface area contributed by atoms with E-state index in [-0.39, 0.29) is 11.0 Å². The monoisotopic (exact) mass is 373 g/mol. The number of aromatic amines is 1. The lowest BCUT2D eigenvalue weighted by Gasteiger charge is -2.10. The second kappa shape index (κ2) is 7.11. The van der Waals surface area contributed by atoms with E-state index in [1.54, 1.807) is 22.9 Å². The summed E-state index contributed by atoms with van der Waals surface area (Å²) in [4.78, 5) is 32.9. The van der Waals surface area contributed by atoms with Crippen LogP contribution in [-0.2, 0) is 6.54 Å². The summed E-state index contributed by atoms with van der Waals surface area (Å²) in [5, 5.41) is 5.44. The molecule has 4 aromatic rings. The van der Waals surface area contributed by atoms with E-state index in [0.717, 1.165) is 22.2 Å². The van der Waals surface area contributed by atoms with Gasteiger partial charge in [0, 0.05) is 41.1 Å². The minimum Gasteiger partial charge on any atom is -0.361 e. The molecule has 0 aliphatic heterocycles. The van der Waals surface area contributed by atoms with Crippen LogP contribution in [0.25, 0.3) is 21.9 Å². The van der Waals surface area contributed by atoms with E-state index in [1.807, 2.05) is 44.3 Å². The molecule has 7 nitrogen and oxygen atoms in total. The van der Waals surface area contributed by atoms with Crippen molar-refractivity contribution in [3.63, 3.8) is 0 Å². The molecule has 0 spiro atoms. The van der Waals surface area contributed by atoms with Crippen molar-refractivity contribution in [1.29, 1.82) is 0 Å². The largest absolute Gasteiger partial charge is 0.361 e. The van der Waals surface area contributed by atoms with Crippen molar-refractivity contribution < 1.29 is 4.79 Å². The number of benzene rings is 1. The van der Waals surface area contributed by atoms with Crippen LogP contribution in [0.4, 0.5) is 0 Å². The number of fused-ring (bicyclic) bond motifs is 2. The van der Waals surface area contributed by atoms with E-state index in [9.17, 15) is 9.59 Å². The molecule has 2 N–H and O–H groups in total. The number of nitrogens with one attached hydrogen (secondary N) is 2. The first-order chi connectivity index (χ1) is 13.6. The number of hydrogen-bond acceptors (Lipinski definition) is 4. The summed E-state index contributed by atoms with van der Waals surface area (Å²) in [7, 11) is 0. The number of hydrogen-bond donors (Lipinski definition) is 2. The van der Waals surface area contributed by atoms with Gasteiger partial charge in [-0.15, -0.1) is 0 Å². The molecule has 0 fully saturated rings. The van der Waals surface area contributed by atoms with E-state index < -0.39 is 5.91 Å². The Morgan fingerprint density at radius 1 is 1.25 bits per heavy atom. The maximum atomic E-state index is 12.7. The minimum atomic E-state index is -0.550. The lowest BCUT2D eigenvalue weighted by atomic mass is 10.1. The topological polar surface area (TPSA) is 92.1 Å². The predicted octanol–water partition coefficient (Wildman–Crippen LogP) is 2.97. The van der Waals surface area contributed by atoms with Crippen molar-refractivity contribution in [1.82, 2.24) is 20.0 Å². The number of hydrazone groups is 1. The number of amides is 1. The van der Waals surface area contributed by atoms with Crippen molar-refractivity contribution in [2.45, 2.75) is 20.4 Å². The van der Waals surface area contributed by atoms with Gasteiger partial charge in [0.2, 0.25) is 5.43 Å². The Hall–Kier alpha value is -3.74. The summed E-state index contributed by atoms with van der Waals surface area (Å²) in [6.45, 7) is 4.39. The molecule has 0 atom stereocenters. The van der Waals surface area contributed by atoms with Gasteiger partial charge in [0.1, 0.15) is 11.2 Å². The highest BCUT2D eigenvalue weighted by Crippen LogP contribution is 2.15. The highest BCUT2D eigenvalue weighted by Gasteiger charge is 2.15. The third-order valence-electron chi connectivity index (χ3n) is 4.64. The molecule has 28 heavy (non-hydrogen) atoms. The first kappa shape index (κ1) is 17.7. The van der Waals surface area contributed by atoms with Gasteiger partial charge in [-0.3, -0.25) is 9.59 Å². The number of carbonyl (C=O) groups is 1. The first-order valence-electron chi connectivity index (χ1n) is 8.99. The Labute approximate surface area is 160 Å². The van der Waals surface area contributed by atoms with E-state index in [2.05, 4.69) is 20.5 Å². The Kier molecular flexibility index (Phi) is 4.49. The molecule has 0 saturated heterocycles. The van der Waals surface area contributed by atoms with Crippen LogP contribution in [0.5, 0.6) is 0 Å². The van der Waals surface area contributed by atoms with Gasteiger partial charge in [-0.05, 0) is 32.0 Å². The zero-order valence-electron chi connectivity index (χ0n) is 15.6. The molecule has 3 aromatic heterocycles. The van der Waals surface area contributed by atoms with Gasteiger partial charge < -0.3 is 9.55 Å². The molecule has 4 rings (SSSR count). The molecule has 140 valence electrons. The number of para-hydroxylation sites is 1. The molecule has 0 saturated carbocycles. The SMILES string of the molecule is CCn1cc(C(=O)N/N=C/c2c[nH]c3ccccc23)c(=O)c2ccc(C)nc21. The quantitative estimate of drug-likeness (QED) is 0.425. The Bertz CT molecular complexity index is 1280. The molecule has 0 aliphatic rings. The van der Waals surface area contributed by atoms with E-state index >= 15 is 0 Å². The Morgan fingerprint density at radius 3 is 2.89 bits per heavy atom. The van der Waals surface area contributed by atoms with E-state index in [0.29, 0.717) is 17.6 Å². The van der Waals surface area contributed by atoms with Crippen LogP contribution in [0.2, 0.25) is 0 Å². The fourth-order valence-corrected chi connectivity index (χ4v) is 3.18. The summed E-state index contributed by atoms with van der Waals surface area (Å²) in [6.07, 6.45) is 4.91. The third-order valence-corrected chi connectivity index (χ3v) is 4.64. The number of nitrogens with zero attached hydrogens (tertiary/aromatic N) is 3. The fourth-order valence-electron chi connectivity index (χ4n) is 3.18. The van der Waals surface area contributed by atoms with Crippen LogP contribution in [0.1, 0.15) is 28.5 Å².